The van der Waals surface area contributed by atoms with Crippen LogP contribution in [-0.4, -0.2) is 44.8 Å². The summed E-state index contributed by atoms with van der Waals surface area (Å²) >= 11 is 0. The van der Waals surface area contributed by atoms with E-state index in [-0.39, 0.29) is 6.15 Å². The third kappa shape index (κ3) is 2820. The summed E-state index contributed by atoms with van der Waals surface area (Å²) < 4.78 is 9.33. The van der Waals surface area contributed by atoms with Crippen LogP contribution in [0.5, 0.6) is 0 Å². The highest BCUT2D eigenvalue weighted by Gasteiger charge is 1.95. The minimum Gasteiger partial charge on any atom is -0.481 e. The second kappa shape index (κ2) is 12.7. The molecular formula is C5H15N2O7P. The SMILES string of the molecule is CC(=O)O.CP(=O)(O)O.N.N=CC(=O)O. The molecule has 0 aromatic carbocycles. The van der Waals surface area contributed by atoms with Crippen LogP contribution in [0.2, 0.25) is 0 Å². The smallest absolute Gasteiger partial charge is 0.346 e. The first-order valence-corrected chi connectivity index (χ1v) is 5.02. The van der Waals surface area contributed by atoms with Crippen LogP contribution in [0.15, 0.2) is 0 Å². The van der Waals surface area contributed by atoms with Gasteiger partial charge in [0.2, 0.25) is 0 Å². The van der Waals surface area contributed by atoms with Crippen molar-refractivity contribution in [3.05, 3.63) is 0 Å². The molecule has 9 nitrogen and oxygen atoms in total. The Morgan fingerprint density at radius 2 is 1.33 bits per heavy atom. The summed E-state index contributed by atoms with van der Waals surface area (Å²) in [4.78, 5) is 33.4. The molecule has 0 amide bonds. The third-order valence-corrected chi connectivity index (χ3v) is 0.123. The van der Waals surface area contributed by atoms with Crippen molar-refractivity contribution in [1.82, 2.24) is 6.15 Å². The minimum atomic E-state index is -3.64. The van der Waals surface area contributed by atoms with E-state index in [2.05, 4.69) is 0 Å². The monoisotopic (exact) mass is 246 g/mol. The fraction of sp³-hybridized carbons (Fsp3) is 0.400. The van der Waals surface area contributed by atoms with Crippen LogP contribution < -0.4 is 6.15 Å². The van der Waals surface area contributed by atoms with Gasteiger partial charge in [0.25, 0.3) is 5.97 Å². The van der Waals surface area contributed by atoms with Crippen molar-refractivity contribution >= 4 is 25.7 Å². The number of aliphatic carboxylic acids is 2. The molecule has 15 heavy (non-hydrogen) atoms. The molecule has 10 heteroatoms. The van der Waals surface area contributed by atoms with Crippen molar-refractivity contribution in [3.8, 4) is 0 Å². The molecule has 0 heterocycles. The van der Waals surface area contributed by atoms with Gasteiger partial charge in [-0.1, -0.05) is 0 Å². The number of hydrogen-bond acceptors (Lipinski definition) is 5. The fourth-order valence-corrected chi connectivity index (χ4v) is 0. The maximum atomic E-state index is 9.33. The predicted octanol–water partition coefficient (Wildman–Crippen LogP) is -0.233. The van der Waals surface area contributed by atoms with Gasteiger partial charge in [-0.15, -0.1) is 0 Å². The molecule has 0 atom stereocenters. The number of carbonyl (C=O) groups is 2. The van der Waals surface area contributed by atoms with Gasteiger partial charge in [0, 0.05) is 13.6 Å². The van der Waals surface area contributed by atoms with Crippen LogP contribution in [0, 0.1) is 5.41 Å². The van der Waals surface area contributed by atoms with Gasteiger partial charge in [-0.25, -0.2) is 4.79 Å². The van der Waals surface area contributed by atoms with Crippen LogP contribution in [0.25, 0.3) is 0 Å². The molecule has 0 bridgehead atoms. The van der Waals surface area contributed by atoms with Crippen molar-refractivity contribution in [1.29, 1.82) is 5.41 Å². The fourth-order valence-electron chi connectivity index (χ4n) is 0. The van der Waals surface area contributed by atoms with Crippen LogP contribution in [-0.2, 0) is 14.2 Å². The molecule has 0 saturated carbocycles. The lowest BCUT2D eigenvalue weighted by Gasteiger charge is -1.84. The molecule has 0 fully saturated rings. The summed E-state index contributed by atoms with van der Waals surface area (Å²) in [5, 5.41) is 20.8. The van der Waals surface area contributed by atoms with E-state index in [0.29, 0.717) is 6.21 Å². The Balaban J connectivity index is -0.0000000590. The molecule has 0 rings (SSSR count). The average Bonchev–Trinajstić information content (AvgIpc) is 1.82. The molecule has 92 valence electrons. The molecule has 0 aliphatic rings. The van der Waals surface area contributed by atoms with Gasteiger partial charge in [-0.2, -0.15) is 0 Å². The first-order chi connectivity index (χ1) is 6.00. The van der Waals surface area contributed by atoms with Gasteiger partial charge in [0.1, 0.15) is 6.21 Å². The lowest BCUT2D eigenvalue weighted by atomic mass is 10.8. The van der Waals surface area contributed by atoms with E-state index in [1.54, 1.807) is 0 Å². The highest BCUT2D eigenvalue weighted by atomic mass is 31.2. The summed E-state index contributed by atoms with van der Waals surface area (Å²) in [6.07, 6.45) is 0.333. The maximum absolute atomic E-state index is 9.33. The molecule has 0 aromatic rings. The molecule has 0 spiro atoms. The summed E-state index contributed by atoms with van der Waals surface area (Å²) in [5.74, 6) is -2.04. The van der Waals surface area contributed by atoms with Crippen molar-refractivity contribution < 1.29 is 34.2 Å². The van der Waals surface area contributed by atoms with E-state index in [9.17, 15) is 4.57 Å². The van der Waals surface area contributed by atoms with Crippen molar-refractivity contribution in [2.45, 2.75) is 6.92 Å². The molecule has 0 saturated heterocycles. The second-order valence-corrected chi connectivity index (χ2v) is 3.51. The Morgan fingerprint density at radius 3 is 1.33 bits per heavy atom. The van der Waals surface area contributed by atoms with Gasteiger partial charge >= 0.3 is 13.6 Å². The predicted molar refractivity (Wildman–Crippen MR) is 52.7 cm³/mol. The minimum absolute atomic E-state index is 0. The van der Waals surface area contributed by atoms with Crippen LogP contribution >= 0.6 is 7.60 Å². The summed E-state index contributed by atoms with van der Waals surface area (Å²) in [7, 11) is -3.64. The third-order valence-electron chi connectivity index (χ3n) is 0.123. The Morgan fingerprint density at radius 1 is 1.27 bits per heavy atom. The summed E-state index contributed by atoms with van der Waals surface area (Å²) in [6.45, 7) is 1.94. The van der Waals surface area contributed by atoms with Gasteiger partial charge in [-0.3, -0.25) is 9.36 Å². The lowest BCUT2D eigenvalue weighted by Crippen LogP contribution is -1.91. The van der Waals surface area contributed by atoms with Crippen LogP contribution in [0.1, 0.15) is 6.92 Å². The number of carboxylic acids is 2. The molecule has 0 radical (unpaired) electrons. The summed E-state index contributed by atoms with van der Waals surface area (Å²) in [6, 6.07) is 0. The van der Waals surface area contributed by atoms with E-state index < -0.39 is 19.5 Å². The average molecular weight is 246 g/mol. The number of carboxylic acid groups (broad SMARTS) is 2. The Hall–Kier alpha value is -1.28. The van der Waals surface area contributed by atoms with Crippen molar-refractivity contribution in [3.63, 3.8) is 0 Å². The summed E-state index contributed by atoms with van der Waals surface area (Å²) in [5.41, 5.74) is 0. The lowest BCUT2D eigenvalue weighted by molar-refractivity contribution is -0.134. The Kier molecular flexibility index (Phi) is 19.9. The standard InChI is InChI=1S/C2H3NO2.C2H4O2.CH5O3P.H3N/c3-1-2(4)5;1-2(3)4;1-5(2,3)4;/h1,3H,(H,4,5);1H3,(H,3,4);1H3,(H2,2,3,4);1H3. The highest BCUT2D eigenvalue weighted by Crippen LogP contribution is 2.26. The van der Waals surface area contributed by atoms with Crippen molar-refractivity contribution in [2.75, 3.05) is 6.66 Å². The zero-order chi connectivity index (χ0) is 12.4. The topological polar surface area (TPSA) is 191 Å². The van der Waals surface area contributed by atoms with Crippen LogP contribution in [0.4, 0.5) is 0 Å². The highest BCUT2D eigenvalue weighted by molar-refractivity contribution is 7.50. The quantitative estimate of drug-likeness (QED) is 0.269. The van der Waals surface area contributed by atoms with Gasteiger partial charge in [-0.05, 0) is 0 Å². The van der Waals surface area contributed by atoms with E-state index in [1.807, 2.05) is 0 Å². The van der Waals surface area contributed by atoms with E-state index in [0.717, 1.165) is 13.6 Å². The van der Waals surface area contributed by atoms with E-state index >= 15 is 0 Å². The van der Waals surface area contributed by atoms with Gasteiger partial charge in [0.05, 0.1) is 0 Å². The zero-order valence-corrected chi connectivity index (χ0v) is 9.14. The molecule has 0 aromatic heterocycles. The molecule has 0 unspecified atom stereocenters. The first kappa shape index (κ1) is 23.5. The second-order valence-electron chi connectivity index (χ2n) is 1.84. The molecule has 0 aliphatic heterocycles. The molecular weight excluding hydrogens is 231 g/mol. The molecule has 8 N–H and O–H groups in total. The van der Waals surface area contributed by atoms with Crippen molar-refractivity contribution in [2.24, 2.45) is 0 Å². The Bertz CT molecular complexity index is 223. The number of hydrogen-bond donors (Lipinski definition) is 6. The first-order valence-electron chi connectivity index (χ1n) is 2.96. The van der Waals surface area contributed by atoms with Gasteiger partial charge in [0.15, 0.2) is 0 Å². The zero-order valence-electron chi connectivity index (χ0n) is 8.25. The largest absolute Gasteiger partial charge is 0.481 e. The normalized spacial score (nSPS) is 7.73. The number of rotatable bonds is 1. The number of nitrogens with one attached hydrogen (secondary N) is 1. The van der Waals surface area contributed by atoms with Gasteiger partial charge < -0.3 is 31.6 Å². The van der Waals surface area contributed by atoms with E-state index in [4.69, 9.17) is 35.0 Å². The van der Waals surface area contributed by atoms with Crippen LogP contribution in [0.3, 0.4) is 0 Å². The maximum Gasteiger partial charge on any atom is 0.346 e. The molecule has 0 aliphatic carbocycles. The Labute approximate surface area is 86.0 Å². The van der Waals surface area contributed by atoms with E-state index in [1.165, 1.54) is 0 Å².